The first-order valence-corrected chi connectivity index (χ1v) is 13.7. The molecular formula is C24H22Cl3FN4O3S. The number of allylic oxidation sites excluding steroid dienone is 1. The molecule has 0 saturated heterocycles. The van der Waals surface area contributed by atoms with E-state index in [9.17, 15) is 13.2 Å². The van der Waals surface area contributed by atoms with Crippen LogP contribution >= 0.6 is 34.8 Å². The van der Waals surface area contributed by atoms with Crippen molar-refractivity contribution in [2.45, 2.75) is 37.1 Å². The SMILES string of the molecule is O=C(NC/C(F)=C1\CCCCc2cnn(Cc3ccc(Cl)cc3Cl)c21)NS(=O)(=O)c1ccc(Cl)cc1. The summed E-state index contributed by atoms with van der Waals surface area (Å²) in [5.74, 6) is -0.568. The standard InChI is InChI=1S/C24H22Cl3FN4O3S/c25-17-7-9-19(10-8-17)36(34,35)31-24(33)29-13-22(28)20-4-2-1-3-15-12-30-32(23(15)20)14-16-5-6-18(26)11-21(16)27/h5-12H,1-4,13-14H2,(H2,29,31,33)/b22-20-. The topological polar surface area (TPSA) is 93.1 Å². The molecule has 0 fully saturated rings. The van der Waals surface area contributed by atoms with E-state index in [4.69, 9.17) is 34.8 Å². The minimum absolute atomic E-state index is 0.140. The van der Waals surface area contributed by atoms with Crippen LogP contribution in [0.2, 0.25) is 15.1 Å². The summed E-state index contributed by atoms with van der Waals surface area (Å²) in [6.07, 6.45) is 4.54. The van der Waals surface area contributed by atoms with Gasteiger partial charge in [0.1, 0.15) is 5.83 Å². The lowest BCUT2D eigenvalue weighted by Crippen LogP contribution is -2.40. The number of halogens is 4. The van der Waals surface area contributed by atoms with Crippen molar-refractivity contribution >= 4 is 56.4 Å². The first-order valence-electron chi connectivity index (χ1n) is 11.1. The molecule has 0 radical (unpaired) electrons. The average molecular weight is 572 g/mol. The zero-order chi connectivity index (χ0) is 25.9. The van der Waals surface area contributed by atoms with Crippen LogP contribution in [0.5, 0.6) is 0 Å². The molecule has 0 saturated carbocycles. The van der Waals surface area contributed by atoms with Crippen LogP contribution < -0.4 is 10.0 Å². The van der Waals surface area contributed by atoms with Gasteiger partial charge in [-0.25, -0.2) is 22.3 Å². The Morgan fingerprint density at radius 2 is 1.72 bits per heavy atom. The molecule has 3 aromatic rings. The van der Waals surface area contributed by atoms with Gasteiger partial charge in [0.25, 0.3) is 10.0 Å². The maximum Gasteiger partial charge on any atom is 0.329 e. The molecule has 12 heteroatoms. The molecule has 0 atom stereocenters. The number of hydrogen-bond acceptors (Lipinski definition) is 4. The molecule has 2 N–H and O–H groups in total. The van der Waals surface area contributed by atoms with Crippen LogP contribution in [0.3, 0.4) is 0 Å². The zero-order valence-electron chi connectivity index (χ0n) is 18.9. The van der Waals surface area contributed by atoms with E-state index in [2.05, 4.69) is 10.4 Å². The molecule has 1 aliphatic rings. The number of sulfonamides is 1. The van der Waals surface area contributed by atoms with Crippen molar-refractivity contribution in [2.75, 3.05) is 6.54 Å². The van der Waals surface area contributed by atoms with E-state index in [-0.39, 0.29) is 4.90 Å². The normalized spacial score (nSPS) is 15.1. The molecular weight excluding hydrogens is 550 g/mol. The number of urea groups is 1. The first kappa shape index (κ1) is 26.5. The van der Waals surface area contributed by atoms with Crippen LogP contribution in [0.1, 0.15) is 36.1 Å². The summed E-state index contributed by atoms with van der Waals surface area (Å²) in [6.45, 7) is -0.168. The molecule has 1 heterocycles. The lowest BCUT2D eigenvalue weighted by molar-refractivity contribution is 0.246. The van der Waals surface area contributed by atoms with Gasteiger partial charge >= 0.3 is 6.03 Å². The second-order valence-electron chi connectivity index (χ2n) is 8.24. The minimum Gasteiger partial charge on any atom is -0.331 e. The fourth-order valence-corrected chi connectivity index (χ4v) is 5.51. The van der Waals surface area contributed by atoms with Gasteiger partial charge < -0.3 is 5.32 Å². The van der Waals surface area contributed by atoms with Gasteiger partial charge in [0, 0.05) is 20.6 Å². The Bertz CT molecular complexity index is 1420. The summed E-state index contributed by atoms with van der Waals surface area (Å²) in [6, 6.07) is 9.42. The number of aromatic nitrogens is 2. The smallest absolute Gasteiger partial charge is 0.329 e. The molecule has 0 unspecified atom stereocenters. The van der Waals surface area contributed by atoms with Crippen molar-refractivity contribution in [3.05, 3.63) is 86.4 Å². The second-order valence-corrected chi connectivity index (χ2v) is 11.2. The number of carbonyl (C=O) groups excluding carboxylic acids is 1. The molecule has 2 aromatic carbocycles. The van der Waals surface area contributed by atoms with E-state index in [1.54, 1.807) is 29.1 Å². The van der Waals surface area contributed by atoms with E-state index >= 15 is 4.39 Å². The van der Waals surface area contributed by atoms with E-state index in [0.717, 1.165) is 30.4 Å². The van der Waals surface area contributed by atoms with Gasteiger partial charge in [-0.3, -0.25) is 4.68 Å². The number of aryl methyl sites for hydroxylation is 1. The number of hydrogen-bond donors (Lipinski definition) is 2. The maximum atomic E-state index is 15.4. The summed E-state index contributed by atoms with van der Waals surface area (Å²) in [7, 11) is -4.14. The van der Waals surface area contributed by atoms with E-state index < -0.39 is 28.4 Å². The molecule has 1 aromatic heterocycles. The zero-order valence-corrected chi connectivity index (χ0v) is 22.0. The number of amides is 2. The highest BCUT2D eigenvalue weighted by Gasteiger charge is 2.23. The van der Waals surface area contributed by atoms with Gasteiger partial charge in [-0.05, 0) is 73.2 Å². The van der Waals surface area contributed by atoms with Crippen LogP contribution in [0.4, 0.5) is 9.18 Å². The minimum atomic E-state index is -4.14. The van der Waals surface area contributed by atoms with Crippen LogP contribution in [-0.4, -0.2) is 30.8 Å². The van der Waals surface area contributed by atoms with Gasteiger partial charge in [0.2, 0.25) is 0 Å². The Morgan fingerprint density at radius 3 is 2.44 bits per heavy atom. The highest BCUT2D eigenvalue weighted by atomic mass is 35.5. The van der Waals surface area contributed by atoms with Gasteiger partial charge in [-0.15, -0.1) is 0 Å². The monoisotopic (exact) mass is 570 g/mol. The summed E-state index contributed by atoms with van der Waals surface area (Å²) in [5.41, 5.74) is 2.75. The summed E-state index contributed by atoms with van der Waals surface area (Å²) >= 11 is 18.1. The van der Waals surface area contributed by atoms with Gasteiger partial charge in [-0.1, -0.05) is 40.9 Å². The second kappa shape index (κ2) is 11.2. The quantitative estimate of drug-likeness (QED) is 0.356. The van der Waals surface area contributed by atoms with Gasteiger partial charge in [0.05, 0.1) is 29.9 Å². The molecule has 0 spiro atoms. The number of carbonyl (C=O) groups is 1. The molecule has 7 nitrogen and oxygen atoms in total. The molecule has 190 valence electrons. The number of rotatable bonds is 6. The average Bonchev–Trinajstić information content (AvgIpc) is 3.08. The van der Waals surface area contributed by atoms with Crippen molar-refractivity contribution in [2.24, 2.45) is 0 Å². The fraction of sp³-hybridized carbons (Fsp3) is 0.250. The molecule has 36 heavy (non-hydrogen) atoms. The number of nitrogens with one attached hydrogen (secondary N) is 2. The summed E-state index contributed by atoms with van der Waals surface area (Å²) in [4.78, 5) is 12.1. The van der Waals surface area contributed by atoms with Gasteiger partial charge in [-0.2, -0.15) is 5.10 Å². The summed E-state index contributed by atoms with van der Waals surface area (Å²) < 4.78 is 43.8. The Balaban J connectivity index is 1.52. The third-order valence-corrected chi connectivity index (χ3v) is 7.93. The predicted molar refractivity (Wildman–Crippen MR) is 139 cm³/mol. The lowest BCUT2D eigenvalue weighted by Gasteiger charge is -2.14. The molecule has 2 amide bonds. The van der Waals surface area contributed by atoms with Gasteiger partial charge in [0.15, 0.2) is 0 Å². The van der Waals surface area contributed by atoms with Crippen molar-refractivity contribution in [1.82, 2.24) is 19.8 Å². The Labute approximate surface area is 223 Å². The van der Waals surface area contributed by atoms with Crippen molar-refractivity contribution < 1.29 is 17.6 Å². The van der Waals surface area contributed by atoms with Crippen LogP contribution in [0, 0.1) is 0 Å². The third kappa shape index (κ3) is 6.21. The molecule has 0 aliphatic heterocycles. The van der Waals surface area contributed by atoms with Crippen LogP contribution in [0.15, 0.2) is 59.4 Å². The molecule has 1 aliphatic carbocycles. The van der Waals surface area contributed by atoms with E-state index in [0.29, 0.717) is 39.3 Å². The first-order chi connectivity index (χ1) is 17.1. The number of benzene rings is 2. The largest absolute Gasteiger partial charge is 0.331 e. The highest BCUT2D eigenvalue weighted by molar-refractivity contribution is 7.90. The van der Waals surface area contributed by atoms with Crippen LogP contribution in [-0.2, 0) is 23.0 Å². The Hall–Kier alpha value is -2.59. The van der Waals surface area contributed by atoms with Crippen molar-refractivity contribution in [1.29, 1.82) is 0 Å². The summed E-state index contributed by atoms with van der Waals surface area (Å²) in [5, 5.41) is 8.09. The van der Waals surface area contributed by atoms with Crippen LogP contribution in [0.25, 0.3) is 5.57 Å². The molecule has 0 bridgehead atoms. The lowest BCUT2D eigenvalue weighted by atomic mass is 10.0. The Morgan fingerprint density at radius 1 is 1.03 bits per heavy atom. The Kier molecular flexibility index (Phi) is 8.24. The van der Waals surface area contributed by atoms with Crippen molar-refractivity contribution in [3.63, 3.8) is 0 Å². The predicted octanol–water partition coefficient (Wildman–Crippen LogP) is 5.99. The van der Waals surface area contributed by atoms with E-state index in [1.807, 2.05) is 4.72 Å². The maximum absolute atomic E-state index is 15.4. The van der Waals surface area contributed by atoms with E-state index in [1.165, 1.54) is 24.3 Å². The van der Waals surface area contributed by atoms with Crippen molar-refractivity contribution in [3.8, 4) is 0 Å². The number of nitrogens with zero attached hydrogens (tertiary/aromatic N) is 2. The highest BCUT2D eigenvalue weighted by Crippen LogP contribution is 2.33. The number of fused-ring (bicyclic) bond motifs is 1. The molecule has 4 rings (SSSR count). The third-order valence-electron chi connectivity index (χ3n) is 5.74. The fourth-order valence-electron chi connectivity index (χ4n) is 3.98.